The van der Waals surface area contributed by atoms with Crippen LogP contribution in [0.1, 0.15) is 26.2 Å². The van der Waals surface area contributed by atoms with Crippen molar-refractivity contribution in [3.63, 3.8) is 0 Å². The molecule has 3 saturated heterocycles. The summed E-state index contributed by atoms with van der Waals surface area (Å²) in [5, 5.41) is 52.7. The number of aliphatic hydroxyl groups is 4. The summed E-state index contributed by atoms with van der Waals surface area (Å²) in [5.41, 5.74) is 16.2. The fourth-order valence-corrected chi connectivity index (χ4v) is 5.90. The van der Waals surface area contributed by atoms with Crippen LogP contribution in [0.3, 0.4) is 0 Å². The van der Waals surface area contributed by atoms with Crippen LogP contribution in [0.2, 0.25) is 0 Å². The Morgan fingerprint density at radius 1 is 1.10 bits per heavy atom. The number of ether oxygens (including phenoxy) is 4. The van der Waals surface area contributed by atoms with Gasteiger partial charge in [0.2, 0.25) is 0 Å². The second-order valence-electron chi connectivity index (χ2n) is 11.9. The monoisotopic (exact) mass is 593 g/mol. The van der Waals surface area contributed by atoms with Gasteiger partial charge in [0.1, 0.15) is 48.1 Å². The molecule has 0 aromatic rings. The zero-order valence-electron chi connectivity index (χ0n) is 23.7. The van der Waals surface area contributed by atoms with Crippen LogP contribution in [0.15, 0.2) is 4.99 Å². The van der Waals surface area contributed by atoms with E-state index in [1.807, 2.05) is 0 Å². The Labute approximate surface area is 239 Å². The second kappa shape index (κ2) is 13.7. The number of likely N-dealkylation sites (N-methyl/N-ethyl adjacent to an activating group) is 1. The molecule has 1 aliphatic carbocycles. The van der Waals surface area contributed by atoms with E-state index in [0.29, 0.717) is 19.4 Å². The molecule has 3 heterocycles. The minimum absolute atomic E-state index is 0.0315. The SMILES string of the molecule is CNC1C(O)C(OC2C(N=C(N)C3(O)CNC3)CC(N)C(OC3OC(CNCCF)CCC3N)C2O)OCC1(C)O. The fraction of sp³-hybridized carbons (Fsp3) is 0.960. The van der Waals surface area contributed by atoms with Gasteiger partial charge in [0.05, 0.1) is 30.8 Å². The molecule has 16 heteroatoms. The summed E-state index contributed by atoms with van der Waals surface area (Å²) in [6, 6.07) is -2.85. The maximum atomic E-state index is 12.5. The Bertz CT molecular complexity index is 887. The molecule has 0 spiro atoms. The number of aliphatic hydroxyl groups excluding tert-OH is 2. The molecule has 0 aromatic carbocycles. The van der Waals surface area contributed by atoms with Crippen molar-refractivity contribution in [2.24, 2.45) is 22.2 Å². The topological polar surface area (TPSA) is 244 Å². The molecule has 0 aromatic heterocycles. The van der Waals surface area contributed by atoms with Crippen LogP contribution in [-0.2, 0) is 18.9 Å². The molecule has 3 aliphatic heterocycles. The summed E-state index contributed by atoms with van der Waals surface area (Å²) in [5.74, 6) is -0.0315. The van der Waals surface area contributed by atoms with Crippen molar-refractivity contribution in [3.8, 4) is 0 Å². The Morgan fingerprint density at radius 2 is 1.80 bits per heavy atom. The Morgan fingerprint density at radius 3 is 2.44 bits per heavy atom. The van der Waals surface area contributed by atoms with E-state index in [4.69, 9.17) is 36.1 Å². The second-order valence-corrected chi connectivity index (χ2v) is 11.9. The molecule has 0 amide bonds. The summed E-state index contributed by atoms with van der Waals surface area (Å²) >= 11 is 0. The van der Waals surface area contributed by atoms with Crippen LogP contribution in [-0.4, -0.2) is 151 Å². The van der Waals surface area contributed by atoms with Gasteiger partial charge in [0.25, 0.3) is 0 Å². The minimum Gasteiger partial charge on any atom is -0.388 e. The first kappa shape index (κ1) is 32.8. The number of nitrogens with one attached hydrogen (secondary N) is 3. The number of β-amino-alcohol motifs (C(OH)–C–C–N with tert-alkyl or cyclic N) is 1. The molecular formula is C25H48FN7O8. The number of hydrogen-bond donors (Lipinski definition) is 10. The van der Waals surface area contributed by atoms with Crippen LogP contribution >= 0.6 is 0 Å². The van der Waals surface area contributed by atoms with Gasteiger partial charge in [0.15, 0.2) is 12.6 Å². The van der Waals surface area contributed by atoms with Crippen molar-refractivity contribution in [1.82, 2.24) is 16.0 Å². The van der Waals surface area contributed by atoms with Gasteiger partial charge in [0, 0.05) is 32.2 Å². The number of nitrogens with zero attached hydrogens (tertiary/aromatic N) is 1. The molecule has 0 radical (unpaired) electrons. The van der Waals surface area contributed by atoms with E-state index in [1.165, 1.54) is 6.92 Å². The number of aliphatic imine (C=N–C) groups is 1. The molecule has 0 bridgehead atoms. The molecule has 4 fully saturated rings. The predicted molar refractivity (Wildman–Crippen MR) is 146 cm³/mol. The van der Waals surface area contributed by atoms with Crippen molar-refractivity contribution in [1.29, 1.82) is 0 Å². The summed E-state index contributed by atoms with van der Waals surface area (Å²) in [4.78, 5) is 4.51. The van der Waals surface area contributed by atoms with Gasteiger partial charge in [-0.1, -0.05) is 0 Å². The fourth-order valence-electron chi connectivity index (χ4n) is 5.90. The van der Waals surface area contributed by atoms with Crippen LogP contribution in [0.25, 0.3) is 0 Å². The van der Waals surface area contributed by atoms with Crippen LogP contribution < -0.4 is 33.2 Å². The highest BCUT2D eigenvalue weighted by molar-refractivity contribution is 5.90. The third-order valence-electron chi connectivity index (χ3n) is 8.47. The lowest BCUT2D eigenvalue weighted by molar-refractivity contribution is -0.306. The van der Waals surface area contributed by atoms with Crippen molar-refractivity contribution < 1.29 is 43.8 Å². The lowest BCUT2D eigenvalue weighted by Crippen LogP contribution is -2.69. The molecule has 4 rings (SSSR count). The zero-order valence-corrected chi connectivity index (χ0v) is 23.7. The molecule has 238 valence electrons. The molecule has 41 heavy (non-hydrogen) atoms. The maximum absolute atomic E-state index is 12.5. The first-order valence-electron chi connectivity index (χ1n) is 14.3. The van der Waals surface area contributed by atoms with E-state index in [9.17, 15) is 24.8 Å². The Kier molecular flexibility index (Phi) is 10.9. The molecule has 15 nitrogen and oxygen atoms in total. The first-order chi connectivity index (χ1) is 19.4. The molecule has 13 N–H and O–H groups in total. The molecule has 12 unspecified atom stereocenters. The van der Waals surface area contributed by atoms with E-state index in [-0.39, 0.29) is 44.6 Å². The maximum Gasteiger partial charge on any atom is 0.185 e. The molecule has 1 saturated carbocycles. The van der Waals surface area contributed by atoms with Gasteiger partial charge in [-0.25, -0.2) is 4.39 Å². The van der Waals surface area contributed by atoms with Gasteiger partial charge in [-0.3, -0.25) is 4.99 Å². The van der Waals surface area contributed by atoms with E-state index >= 15 is 0 Å². The molecular weight excluding hydrogens is 545 g/mol. The zero-order chi connectivity index (χ0) is 29.9. The number of halogens is 1. The van der Waals surface area contributed by atoms with E-state index < -0.39 is 79.0 Å². The van der Waals surface area contributed by atoms with Gasteiger partial charge >= 0.3 is 0 Å². The smallest absolute Gasteiger partial charge is 0.185 e. The summed E-state index contributed by atoms with van der Waals surface area (Å²) in [6.45, 7) is 1.96. The number of nitrogens with two attached hydrogens (primary N) is 3. The van der Waals surface area contributed by atoms with Crippen molar-refractivity contribution in [2.75, 3.05) is 46.5 Å². The number of alkyl halides is 1. The third-order valence-corrected chi connectivity index (χ3v) is 8.47. The van der Waals surface area contributed by atoms with Gasteiger partial charge in [-0.2, -0.15) is 0 Å². The van der Waals surface area contributed by atoms with Crippen molar-refractivity contribution in [2.45, 2.75) is 105 Å². The molecule has 4 aliphatic rings. The van der Waals surface area contributed by atoms with Gasteiger partial charge in [-0.05, 0) is 33.2 Å². The number of hydrogen-bond acceptors (Lipinski definition) is 14. The highest BCUT2D eigenvalue weighted by Crippen LogP contribution is 2.33. The van der Waals surface area contributed by atoms with Crippen molar-refractivity contribution >= 4 is 5.84 Å². The third kappa shape index (κ3) is 7.34. The predicted octanol–water partition coefficient (Wildman–Crippen LogP) is -4.64. The minimum atomic E-state index is -1.39. The summed E-state index contributed by atoms with van der Waals surface area (Å²) < 4.78 is 36.5. The van der Waals surface area contributed by atoms with Crippen molar-refractivity contribution in [3.05, 3.63) is 0 Å². The largest absolute Gasteiger partial charge is 0.388 e. The van der Waals surface area contributed by atoms with E-state index in [2.05, 4.69) is 20.9 Å². The summed E-state index contributed by atoms with van der Waals surface area (Å²) in [7, 11) is 1.60. The van der Waals surface area contributed by atoms with Crippen LogP contribution in [0, 0.1) is 0 Å². The summed E-state index contributed by atoms with van der Waals surface area (Å²) in [6.07, 6.45) is -5.82. The lowest BCUT2D eigenvalue weighted by Gasteiger charge is -2.48. The highest BCUT2D eigenvalue weighted by Gasteiger charge is 2.52. The van der Waals surface area contributed by atoms with Gasteiger partial charge < -0.3 is 72.5 Å². The average Bonchev–Trinajstić information content (AvgIpc) is 2.90. The Hall–Kier alpha value is -1.12. The lowest BCUT2D eigenvalue weighted by atomic mass is 9.83. The van der Waals surface area contributed by atoms with Gasteiger partial charge in [-0.15, -0.1) is 0 Å². The van der Waals surface area contributed by atoms with Crippen LogP contribution in [0.4, 0.5) is 4.39 Å². The average molecular weight is 594 g/mol. The first-order valence-corrected chi connectivity index (χ1v) is 14.3. The van der Waals surface area contributed by atoms with Crippen LogP contribution in [0.5, 0.6) is 0 Å². The Balaban J connectivity index is 1.53. The normalized spacial score (nSPS) is 45.3. The standard InChI is InChI=1S/C25H48FN7O8/c1-24(36)11-38-22(17(35)20(24)30-2)41-19-15(33-23(29)25(37)9-32-10-25)7-14(28)18(16(19)34)40-21-13(27)4-3-12(39-21)8-31-6-5-26/h12-22,30-32,34-37H,3-11,27-28H2,1-2H3,(H2,29,33). The number of amidine groups is 1. The van der Waals surface area contributed by atoms with E-state index in [1.54, 1.807) is 7.05 Å². The quantitative estimate of drug-likeness (QED) is 0.0615. The molecule has 12 atom stereocenters. The highest BCUT2D eigenvalue weighted by atomic mass is 19.1. The van der Waals surface area contributed by atoms with E-state index in [0.717, 1.165) is 0 Å². The number of rotatable bonds is 11.